The molecule has 0 radical (unpaired) electrons. The maximum Gasteiger partial charge on any atom is 0.170 e. The van der Waals surface area contributed by atoms with E-state index in [4.69, 9.17) is 18.9 Å². The summed E-state index contributed by atoms with van der Waals surface area (Å²) < 4.78 is 21.7. The van der Waals surface area contributed by atoms with Crippen LogP contribution in [0.1, 0.15) is 0 Å². The number of benzene rings is 2. The van der Waals surface area contributed by atoms with Crippen molar-refractivity contribution in [1.29, 1.82) is 0 Å². The van der Waals surface area contributed by atoms with Gasteiger partial charge in [0.25, 0.3) is 0 Å². The lowest BCUT2D eigenvalue weighted by Crippen LogP contribution is -1.93. The summed E-state index contributed by atoms with van der Waals surface area (Å²) in [6.07, 6.45) is 0. The number of nitrogens with one attached hydrogen (secondary N) is 1. The van der Waals surface area contributed by atoms with E-state index in [1.165, 1.54) is 0 Å². The van der Waals surface area contributed by atoms with Crippen LogP contribution in [0.15, 0.2) is 24.3 Å². The standard InChI is InChI=1S/C16H17NO4/c1-18-9-5-6-11-10(7-9)14-15(17-11)12(19-2)8-13(20-3)16(14)21-4/h5-8,17H,1-4H3. The van der Waals surface area contributed by atoms with E-state index < -0.39 is 0 Å². The third kappa shape index (κ3) is 1.93. The van der Waals surface area contributed by atoms with Crippen molar-refractivity contribution in [2.24, 2.45) is 0 Å². The molecule has 110 valence electrons. The second-order valence-corrected chi connectivity index (χ2v) is 4.60. The highest BCUT2D eigenvalue weighted by molar-refractivity contribution is 6.13. The van der Waals surface area contributed by atoms with Crippen molar-refractivity contribution < 1.29 is 18.9 Å². The molecule has 0 spiro atoms. The van der Waals surface area contributed by atoms with Crippen LogP contribution in [0, 0.1) is 0 Å². The van der Waals surface area contributed by atoms with E-state index in [1.807, 2.05) is 24.3 Å². The van der Waals surface area contributed by atoms with Crippen LogP contribution in [0.2, 0.25) is 0 Å². The van der Waals surface area contributed by atoms with E-state index in [9.17, 15) is 0 Å². The Bertz CT molecular complexity index is 807. The molecule has 1 aromatic heterocycles. The molecule has 0 bridgehead atoms. The van der Waals surface area contributed by atoms with E-state index in [2.05, 4.69) is 4.98 Å². The van der Waals surface area contributed by atoms with Gasteiger partial charge >= 0.3 is 0 Å². The van der Waals surface area contributed by atoms with E-state index in [-0.39, 0.29) is 0 Å². The Morgan fingerprint density at radius 3 is 2.19 bits per heavy atom. The Morgan fingerprint density at radius 1 is 0.810 bits per heavy atom. The summed E-state index contributed by atoms with van der Waals surface area (Å²) in [4.78, 5) is 3.36. The van der Waals surface area contributed by atoms with Crippen LogP contribution in [0.3, 0.4) is 0 Å². The molecule has 0 atom stereocenters. The predicted molar refractivity (Wildman–Crippen MR) is 82.0 cm³/mol. The first kappa shape index (κ1) is 13.4. The van der Waals surface area contributed by atoms with Crippen LogP contribution in [0.4, 0.5) is 0 Å². The molecule has 3 rings (SSSR count). The minimum atomic E-state index is 0.630. The lowest BCUT2D eigenvalue weighted by Gasteiger charge is -2.11. The van der Waals surface area contributed by atoms with Gasteiger partial charge in [0, 0.05) is 17.0 Å². The molecule has 0 aliphatic rings. The summed E-state index contributed by atoms with van der Waals surface area (Å²) in [5.41, 5.74) is 1.86. The highest BCUT2D eigenvalue weighted by Crippen LogP contribution is 2.45. The molecule has 1 N–H and O–H groups in total. The zero-order chi connectivity index (χ0) is 15.0. The minimum Gasteiger partial charge on any atom is -0.497 e. The van der Waals surface area contributed by atoms with Crippen molar-refractivity contribution in [2.75, 3.05) is 28.4 Å². The Hall–Kier alpha value is -2.56. The van der Waals surface area contributed by atoms with Crippen LogP contribution in [0.25, 0.3) is 21.8 Å². The number of aromatic amines is 1. The smallest absolute Gasteiger partial charge is 0.170 e. The zero-order valence-corrected chi connectivity index (χ0v) is 12.4. The second-order valence-electron chi connectivity index (χ2n) is 4.60. The summed E-state index contributed by atoms with van der Waals surface area (Å²) in [5, 5.41) is 1.92. The molecule has 2 aromatic carbocycles. The van der Waals surface area contributed by atoms with Crippen molar-refractivity contribution in [1.82, 2.24) is 4.98 Å². The first-order valence-corrected chi connectivity index (χ1v) is 6.51. The molecule has 0 amide bonds. The van der Waals surface area contributed by atoms with Crippen molar-refractivity contribution >= 4 is 21.8 Å². The number of ether oxygens (including phenoxy) is 4. The monoisotopic (exact) mass is 287 g/mol. The van der Waals surface area contributed by atoms with Crippen molar-refractivity contribution in [3.63, 3.8) is 0 Å². The molecule has 0 aliphatic carbocycles. The molecule has 5 heteroatoms. The number of aromatic nitrogens is 1. The SMILES string of the molecule is COc1ccc2[nH]c3c(OC)cc(OC)c(OC)c3c2c1. The lowest BCUT2D eigenvalue weighted by molar-refractivity contribution is 0.354. The molecule has 5 nitrogen and oxygen atoms in total. The summed E-state index contributed by atoms with van der Waals surface area (Å²) in [6, 6.07) is 7.66. The Kier molecular flexibility index (Phi) is 3.25. The highest BCUT2D eigenvalue weighted by atomic mass is 16.5. The van der Waals surface area contributed by atoms with Gasteiger partial charge in [-0.3, -0.25) is 0 Å². The average Bonchev–Trinajstić information content (AvgIpc) is 2.91. The molecule has 21 heavy (non-hydrogen) atoms. The number of fused-ring (bicyclic) bond motifs is 3. The van der Waals surface area contributed by atoms with Crippen LogP contribution in [-0.4, -0.2) is 33.4 Å². The summed E-state index contributed by atoms with van der Waals surface area (Å²) in [6.45, 7) is 0. The first-order chi connectivity index (χ1) is 10.2. The topological polar surface area (TPSA) is 52.7 Å². The first-order valence-electron chi connectivity index (χ1n) is 6.51. The van der Waals surface area contributed by atoms with Crippen LogP contribution in [-0.2, 0) is 0 Å². The second kappa shape index (κ2) is 5.09. The fourth-order valence-electron chi connectivity index (χ4n) is 2.61. The van der Waals surface area contributed by atoms with Crippen molar-refractivity contribution in [3.8, 4) is 23.0 Å². The molecule has 0 fully saturated rings. The van der Waals surface area contributed by atoms with E-state index >= 15 is 0 Å². The van der Waals surface area contributed by atoms with E-state index in [0.717, 1.165) is 27.6 Å². The Balaban J connectivity index is 2.49. The lowest BCUT2D eigenvalue weighted by atomic mass is 10.1. The largest absolute Gasteiger partial charge is 0.497 e. The van der Waals surface area contributed by atoms with Gasteiger partial charge in [0.05, 0.1) is 39.3 Å². The normalized spacial score (nSPS) is 10.9. The summed E-state index contributed by atoms with van der Waals surface area (Å²) in [7, 11) is 6.52. The molecule has 0 aliphatic heterocycles. The zero-order valence-electron chi connectivity index (χ0n) is 12.4. The summed E-state index contributed by atoms with van der Waals surface area (Å²) >= 11 is 0. The fourth-order valence-corrected chi connectivity index (χ4v) is 2.61. The van der Waals surface area contributed by atoms with Gasteiger partial charge < -0.3 is 23.9 Å². The third-order valence-corrected chi connectivity index (χ3v) is 3.61. The minimum absolute atomic E-state index is 0.630. The van der Waals surface area contributed by atoms with Crippen LogP contribution >= 0.6 is 0 Å². The number of H-pyrrole nitrogens is 1. The van der Waals surface area contributed by atoms with E-state index in [1.54, 1.807) is 28.4 Å². The quantitative estimate of drug-likeness (QED) is 0.799. The maximum absolute atomic E-state index is 5.55. The molecular weight excluding hydrogens is 270 g/mol. The number of hydrogen-bond acceptors (Lipinski definition) is 4. The van der Waals surface area contributed by atoms with Gasteiger partial charge in [-0.25, -0.2) is 0 Å². The predicted octanol–water partition coefficient (Wildman–Crippen LogP) is 3.36. The van der Waals surface area contributed by atoms with Crippen LogP contribution < -0.4 is 18.9 Å². The number of hydrogen-bond donors (Lipinski definition) is 1. The average molecular weight is 287 g/mol. The molecule has 0 saturated heterocycles. The van der Waals surface area contributed by atoms with Gasteiger partial charge in [-0.15, -0.1) is 0 Å². The number of rotatable bonds is 4. The highest BCUT2D eigenvalue weighted by Gasteiger charge is 2.19. The fraction of sp³-hybridized carbons (Fsp3) is 0.250. The van der Waals surface area contributed by atoms with Gasteiger partial charge in [0.15, 0.2) is 11.5 Å². The summed E-state index contributed by atoms with van der Waals surface area (Å²) in [5.74, 6) is 2.79. The van der Waals surface area contributed by atoms with Crippen molar-refractivity contribution in [3.05, 3.63) is 24.3 Å². The van der Waals surface area contributed by atoms with Gasteiger partial charge in [0.2, 0.25) is 0 Å². The van der Waals surface area contributed by atoms with E-state index in [0.29, 0.717) is 17.2 Å². The maximum atomic E-state index is 5.55. The molecule has 0 saturated carbocycles. The van der Waals surface area contributed by atoms with Gasteiger partial charge in [-0.05, 0) is 18.2 Å². The Labute approximate surface area is 122 Å². The molecule has 3 aromatic rings. The number of methoxy groups -OCH3 is 4. The molecule has 1 heterocycles. The molecular formula is C16H17NO4. The van der Waals surface area contributed by atoms with Gasteiger partial charge in [-0.2, -0.15) is 0 Å². The van der Waals surface area contributed by atoms with Crippen LogP contribution in [0.5, 0.6) is 23.0 Å². The van der Waals surface area contributed by atoms with Gasteiger partial charge in [0.1, 0.15) is 11.5 Å². The van der Waals surface area contributed by atoms with Crippen molar-refractivity contribution in [2.45, 2.75) is 0 Å². The Morgan fingerprint density at radius 2 is 1.57 bits per heavy atom. The third-order valence-electron chi connectivity index (χ3n) is 3.61. The molecule has 0 unspecified atom stereocenters. The van der Waals surface area contributed by atoms with Gasteiger partial charge in [-0.1, -0.05) is 0 Å².